The van der Waals surface area contributed by atoms with Gasteiger partial charge in [-0.1, -0.05) is 13.0 Å². The lowest BCUT2D eigenvalue weighted by atomic mass is 10.3. The van der Waals surface area contributed by atoms with Crippen molar-refractivity contribution in [1.29, 1.82) is 0 Å². The zero-order valence-corrected chi connectivity index (χ0v) is 11.7. The van der Waals surface area contributed by atoms with Crippen LogP contribution in [-0.2, 0) is 11.3 Å². The predicted molar refractivity (Wildman–Crippen MR) is 74.7 cm³/mol. The van der Waals surface area contributed by atoms with Crippen molar-refractivity contribution in [2.75, 3.05) is 39.3 Å². The highest BCUT2D eigenvalue weighted by atomic mass is 32.1. The minimum atomic E-state index is 0.133. The van der Waals surface area contributed by atoms with Crippen molar-refractivity contribution in [3.8, 4) is 0 Å². The Labute approximate surface area is 113 Å². The Balaban J connectivity index is 1.65. The molecule has 1 saturated heterocycles. The zero-order valence-electron chi connectivity index (χ0n) is 10.9. The normalized spacial score (nSPS) is 17.8. The number of nitrogens with zero attached hydrogens (tertiary/aromatic N) is 2. The van der Waals surface area contributed by atoms with Gasteiger partial charge in [0.2, 0.25) is 5.91 Å². The Bertz CT molecular complexity index is 358. The van der Waals surface area contributed by atoms with Gasteiger partial charge in [0, 0.05) is 31.1 Å². The van der Waals surface area contributed by atoms with Gasteiger partial charge in [-0.2, -0.15) is 0 Å². The van der Waals surface area contributed by atoms with E-state index in [1.54, 1.807) is 11.3 Å². The average molecular weight is 267 g/mol. The molecular formula is C13H21N3OS. The van der Waals surface area contributed by atoms with Crippen LogP contribution in [0.25, 0.3) is 0 Å². The van der Waals surface area contributed by atoms with E-state index >= 15 is 0 Å². The summed E-state index contributed by atoms with van der Waals surface area (Å²) in [4.78, 5) is 17.7. The Morgan fingerprint density at radius 3 is 2.67 bits per heavy atom. The second kappa shape index (κ2) is 6.87. The number of piperazine rings is 1. The van der Waals surface area contributed by atoms with E-state index in [4.69, 9.17) is 0 Å². The van der Waals surface area contributed by atoms with Crippen molar-refractivity contribution in [3.05, 3.63) is 22.4 Å². The Morgan fingerprint density at radius 2 is 2.06 bits per heavy atom. The first kappa shape index (κ1) is 13.5. The van der Waals surface area contributed by atoms with Crippen molar-refractivity contribution in [2.24, 2.45) is 0 Å². The fourth-order valence-electron chi connectivity index (χ4n) is 2.12. The van der Waals surface area contributed by atoms with Crippen LogP contribution in [0.2, 0.25) is 0 Å². The molecule has 1 N–H and O–H groups in total. The maximum absolute atomic E-state index is 11.8. The lowest BCUT2D eigenvalue weighted by Gasteiger charge is -2.33. The standard InChI is InChI=1S/C13H21N3OS/c1-2-15-5-7-16(8-6-15)11-13(17)14-10-12-4-3-9-18-12/h3-4,9H,2,5-8,10-11H2,1H3,(H,14,17). The summed E-state index contributed by atoms with van der Waals surface area (Å²) in [5, 5.41) is 5.01. The first-order valence-corrected chi connectivity index (χ1v) is 7.39. The van der Waals surface area contributed by atoms with Gasteiger partial charge in [-0.25, -0.2) is 0 Å². The second-order valence-corrected chi connectivity index (χ2v) is 5.60. The molecule has 0 aromatic carbocycles. The van der Waals surface area contributed by atoms with Crippen LogP contribution >= 0.6 is 11.3 Å². The summed E-state index contributed by atoms with van der Waals surface area (Å²) in [6, 6.07) is 4.06. The molecule has 0 spiro atoms. The minimum Gasteiger partial charge on any atom is -0.350 e. The van der Waals surface area contributed by atoms with E-state index in [9.17, 15) is 4.79 Å². The molecule has 1 aromatic heterocycles. The predicted octanol–water partition coefficient (Wildman–Crippen LogP) is 1.00. The van der Waals surface area contributed by atoms with E-state index in [2.05, 4.69) is 22.0 Å². The molecule has 5 heteroatoms. The van der Waals surface area contributed by atoms with Crippen LogP contribution in [-0.4, -0.2) is 55.0 Å². The number of hydrogen-bond donors (Lipinski definition) is 1. The molecule has 18 heavy (non-hydrogen) atoms. The minimum absolute atomic E-state index is 0.133. The third kappa shape index (κ3) is 4.08. The molecule has 1 aliphatic rings. The van der Waals surface area contributed by atoms with E-state index in [0.29, 0.717) is 13.1 Å². The van der Waals surface area contributed by atoms with Gasteiger partial charge in [0.25, 0.3) is 0 Å². The van der Waals surface area contributed by atoms with E-state index in [1.807, 2.05) is 17.5 Å². The molecule has 0 radical (unpaired) electrons. The Morgan fingerprint density at radius 1 is 1.33 bits per heavy atom. The van der Waals surface area contributed by atoms with Crippen LogP contribution in [0, 0.1) is 0 Å². The quantitative estimate of drug-likeness (QED) is 0.864. The number of likely N-dealkylation sites (N-methyl/N-ethyl adjacent to an activating group) is 1. The topological polar surface area (TPSA) is 35.6 Å². The highest BCUT2D eigenvalue weighted by molar-refractivity contribution is 7.09. The lowest BCUT2D eigenvalue weighted by Crippen LogP contribution is -2.49. The number of amides is 1. The molecule has 1 fully saturated rings. The number of carbonyl (C=O) groups excluding carboxylic acids is 1. The maximum Gasteiger partial charge on any atom is 0.234 e. The van der Waals surface area contributed by atoms with E-state index in [-0.39, 0.29) is 5.91 Å². The monoisotopic (exact) mass is 267 g/mol. The molecule has 1 amide bonds. The first-order chi connectivity index (χ1) is 8.78. The maximum atomic E-state index is 11.8. The van der Waals surface area contributed by atoms with Crippen LogP contribution in [0.3, 0.4) is 0 Å². The lowest BCUT2D eigenvalue weighted by molar-refractivity contribution is -0.122. The summed E-state index contributed by atoms with van der Waals surface area (Å²) in [6.45, 7) is 8.64. The van der Waals surface area contributed by atoms with Crippen LogP contribution in [0.5, 0.6) is 0 Å². The van der Waals surface area contributed by atoms with E-state index < -0.39 is 0 Å². The molecule has 2 rings (SSSR count). The molecule has 0 bridgehead atoms. The van der Waals surface area contributed by atoms with Crippen LogP contribution < -0.4 is 5.32 Å². The summed E-state index contributed by atoms with van der Waals surface area (Å²) >= 11 is 1.68. The number of nitrogens with one attached hydrogen (secondary N) is 1. The number of hydrogen-bond acceptors (Lipinski definition) is 4. The van der Waals surface area contributed by atoms with Crippen molar-refractivity contribution in [2.45, 2.75) is 13.5 Å². The fourth-order valence-corrected chi connectivity index (χ4v) is 2.77. The van der Waals surface area contributed by atoms with Crippen molar-refractivity contribution in [3.63, 3.8) is 0 Å². The molecule has 2 heterocycles. The molecule has 0 unspecified atom stereocenters. The number of carbonyl (C=O) groups is 1. The SMILES string of the molecule is CCN1CCN(CC(=O)NCc2cccs2)CC1. The number of rotatable bonds is 5. The molecule has 100 valence electrons. The van der Waals surface area contributed by atoms with Gasteiger partial charge in [-0.3, -0.25) is 9.69 Å². The fraction of sp³-hybridized carbons (Fsp3) is 0.615. The molecule has 1 aromatic rings. The highest BCUT2D eigenvalue weighted by Crippen LogP contribution is 2.07. The smallest absolute Gasteiger partial charge is 0.234 e. The van der Waals surface area contributed by atoms with Crippen LogP contribution in [0.1, 0.15) is 11.8 Å². The number of thiophene rings is 1. The summed E-state index contributed by atoms with van der Waals surface area (Å²) in [5.74, 6) is 0.133. The molecule has 1 aliphatic heterocycles. The van der Waals surface area contributed by atoms with Crippen molar-refractivity contribution >= 4 is 17.2 Å². The zero-order chi connectivity index (χ0) is 12.8. The third-order valence-electron chi connectivity index (χ3n) is 3.32. The summed E-state index contributed by atoms with van der Waals surface area (Å²) < 4.78 is 0. The van der Waals surface area contributed by atoms with Crippen LogP contribution in [0.4, 0.5) is 0 Å². The molecule has 0 saturated carbocycles. The third-order valence-corrected chi connectivity index (χ3v) is 4.20. The highest BCUT2D eigenvalue weighted by Gasteiger charge is 2.17. The average Bonchev–Trinajstić information content (AvgIpc) is 2.90. The van der Waals surface area contributed by atoms with Crippen molar-refractivity contribution in [1.82, 2.24) is 15.1 Å². The van der Waals surface area contributed by atoms with Gasteiger partial charge in [-0.15, -0.1) is 11.3 Å². The summed E-state index contributed by atoms with van der Waals surface area (Å²) in [5.41, 5.74) is 0. The van der Waals surface area contributed by atoms with Crippen LogP contribution in [0.15, 0.2) is 17.5 Å². The van der Waals surface area contributed by atoms with Gasteiger partial charge in [0.15, 0.2) is 0 Å². The van der Waals surface area contributed by atoms with Gasteiger partial charge in [0.1, 0.15) is 0 Å². The first-order valence-electron chi connectivity index (χ1n) is 6.51. The van der Waals surface area contributed by atoms with Crippen molar-refractivity contribution < 1.29 is 4.79 Å². The van der Waals surface area contributed by atoms with E-state index in [0.717, 1.165) is 32.7 Å². The molecular weight excluding hydrogens is 246 g/mol. The largest absolute Gasteiger partial charge is 0.350 e. The molecule has 0 aliphatic carbocycles. The summed E-state index contributed by atoms with van der Waals surface area (Å²) in [7, 11) is 0. The van der Waals surface area contributed by atoms with Gasteiger partial charge in [-0.05, 0) is 18.0 Å². The van der Waals surface area contributed by atoms with E-state index in [1.165, 1.54) is 4.88 Å². The molecule has 4 nitrogen and oxygen atoms in total. The van der Waals surface area contributed by atoms with Gasteiger partial charge in [0.05, 0.1) is 13.1 Å². The second-order valence-electron chi connectivity index (χ2n) is 4.57. The Hall–Kier alpha value is -0.910. The van der Waals surface area contributed by atoms with Gasteiger partial charge >= 0.3 is 0 Å². The molecule has 0 atom stereocenters. The Kier molecular flexibility index (Phi) is 5.16. The summed E-state index contributed by atoms with van der Waals surface area (Å²) in [6.07, 6.45) is 0. The van der Waals surface area contributed by atoms with Gasteiger partial charge < -0.3 is 10.2 Å².